The zero-order valence-electron chi connectivity index (χ0n) is 13.6. The predicted octanol–water partition coefficient (Wildman–Crippen LogP) is 4.03. The standard InChI is InChI=1S/C19H17F2N3O/c1-12-18(22-19(25)14-9-15(20)11-16(21)10-14)17(24-23-12)8-7-13-5-3-2-4-6-13/h2-6,9-11H,7-8H2,1H3,(H,22,25)(H,23,24). The minimum absolute atomic E-state index is 0.0768. The van der Waals surface area contributed by atoms with E-state index in [0.29, 0.717) is 23.5 Å². The lowest BCUT2D eigenvalue weighted by molar-refractivity contribution is 0.102. The topological polar surface area (TPSA) is 57.8 Å². The number of aryl methyl sites for hydroxylation is 3. The van der Waals surface area contributed by atoms with Crippen molar-refractivity contribution < 1.29 is 13.6 Å². The van der Waals surface area contributed by atoms with E-state index in [1.807, 2.05) is 30.3 Å². The number of anilines is 1. The van der Waals surface area contributed by atoms with Crippen molar-refractivity contribution in [1.82, 2.24) is 10.2 Å². The zero-order chi connectivity index (χ0) is 17.8. The minimum Gasteiger partial charge on any atom is -0.319 e. The number of aromatic amines is 1. The van der Waals surface area contributed by atoms with Crippen LogP contribution in [0.5, 0.6) is 0 Å². The van der Waals surface area contributed by atoms with Gasteiger partial charge in [-0.1, -0.05) is 30.3 Å². The number of amides is 1. The lowest BCUT2D eigenvalue weighted by Crippen LogP contribution is -2.14. The Bertz CT molecular complexity index is 871. The molecule has 0 saturated carbocycles. The van der Waals surface area contributed by atoms with E-state index in [2.05, 4.69) is 15.5 Å². The first-order valence-electron chi connectivity index (χ1n) is 7.88. The number of nitrogens with zero attached hydrogens (tertiary/aromatic N) is 1. The molecular formula is C19H17F2N3O. The molecular weight excluding hydrogens is 324 g/mol. The van der Waals surface area contributed by atoms with Crippen LogP contribution >= 0.6 is 0 Å². The Labute approximate surface area is 143 Å². The number of hydrogen-bond donors (Lipinski definition) is 2. The van der Waals surface area contributed by atoms with Crippen molar-refractivity contribution in [2.75, 3.05) is 5.32 Å². The number of carbonyl (C=O) groups is 1. The number of nitrogens with one attached hydrogen (secondary N) is 2. The molecule has 25 heavy (non-hydrogen) atoms. The number of carbonyl (C=O) groups excluding carboxylic acids is 1. The van der Waals surface area contributed by atoms with E-state index in [1.54, 1.807) is 6.92 Å². The number of aromatic nitrogens is 2. The summed E-state index contributed by atoms with van der Waals surface area (Å²) >= 11 is 0. The summed E-state index contributed by atoms with van der Waals surface area (Å²) in [6, 6.07) is 12.6. The Kier molecular flexibility index (Phi) is 4.88. The second kappa shape index (κ2) is 7.25. The predicted molar refractivity (Wildman–Crippen MR) is 91.5 cm³/mol. The molecule has 2 N–H and O–H groups in total. The van der Waals surface area contributed by atoms with Crippen LogP contribution in [0.3, 0.4) is 0 Å². The van der Waals surface area contributed by atoms with Gasteiger partial charge in [-0.25, -0.2) is 8.78 Å². The summed E-state index contributed by atoms with van der Waals surface area (Å²) in [5, 5.41) is 9.76. The maximum atomic E-state index is 13.3. The maximum absolute atomic E-state index is 13.3. The molecule has 0 bridgehead atoms. The molecule has 1 amide bonds. The van der Waals surface area contributed by atoms with E-state index in [9.17, 15) is 13.6 Å². The van der Waals surface area contributed by atoms with Crippen molar-refractivity contribution in [2.45, 2.75) is 19.8 Å². The molecule has 2 aromatic carbocycles. The van der Waals surface area contributed by atoms with Crippen LogP contribution in [0.4, 0.5) is 14.5 Å². The lowest BCUT2D eigenvalue weighted by atomic mass is 10.1. The minimum atomic E-state index is -0.793. The second-order valence-corrected chi connectivity index (χ2v) is 5.77. The van der Waals surface area contributed by atoms with Gasteiger partial charge in [-0.05, 0) is 37.5 Å². The molecule has 0 spiro atoms. The summed E-state index contributed by atoms with van der Waals surface area (Å²) in [4.78, 5) is 12.3. The molecule has 1 heterocycles. The molecule has 1 aromatic heterocycles. The van der Waals surface area contributed by atoms with Crippen molar-refractivity contribution >= 4 is 11.6 Å². The highest BCUT2D eigenvalue weighted by molar-refractivity contribution is 6.04. The second-order valence-electron chi connectivity index (χ2n) is 5.77. The van der Waals surface area contributed by atoms with Gasteiger partial charge >= 0.3 is 0 Å². The van der Waals surface area contributed by atoms with Crippen LogP contribution in [0.1, 0.15) is 27.3 Å². The average Bonchev–Trinajstić information content (AvgIpc) is 2.93. The molecule has 0 unspecified atom stereocenters. The molecule has 3 aromatic rings. The Hall–Kier alpha value is -3.02. The fraction of sp³-hybridized carbons (Fsp3) is 0.158. The summed E-state index contributed by atoms with van der Waals surface area (Å²) in [6.45, 7) is 1.78. The van der Waals surface area contributed by atoms with Gasteiger partial charge in [0, 0.05) is 11.6 Å². The van der Waals surface area contributed by atoms with Crippen LogP contribution in [-0.4, -0.2) is 16.1 Å². The first kappa shape index (κ1) is 16.8. The molecule has 0 saturated heterocycles. The highest BCUT2D eigenvalue weighted by Gasteiger charge is 2.16. The summed E-state index contributed by atoms with van der Waals surface area (Å²) in [5.74, 6) is -2.17. The van der Waals surface area contributed by atoms with Crippen molar-refractivity contribution in [1.29, 1.82) is 0 Å². The third-order valence-electron chi connectivity index (χ3n) is 3.88. The first-order chi connectivity index (χ1) is 12.0. The molecule has 3 rings (SSSR count). The van der Waals surface area contributed by atoms with Crippen LogP contribution in [0.25, 0.3) is 0 Å². The number of hydrogen-bond acceptors (Lipinski definition) is 2. The lowest BCUT2D eigenvalue weighted by Gasteiger charge is -2.08. The van der Waals surface area contributed by atoms with E-state index in [1.165, 1.54) is 0 Å². The van der Waals surface area contributed by atoms with E-state index in [4.69, 9.17) is 0 Å². The Morgan fingerprint density at radius 2 is 1.76 bits per heavy atom. The van der Waals surface area contributed by atoms with Crippen LogP contribution in [0.2, 0.25) is 0 Å². The van der Waals surface area contributed by atoms with Gasteiger partial charge < -0.3 is 5.32 Å². The van der Waals surface area contributed by atoms with Crippen molar-refractivity contribution in [3.05, 3.63) is 82.7 Å². The van der Waals surface area contributed by atoms with Gasteiger partial charge in [0.05, 0.1) is 17.1 Å². The molecule has 6 heteroatoms. The quantitative estimate of drug-likeness (QED) is 0.736. The van der Waals surface area contributed by atoms with Crippen molar-refractivity contribution in [3.63, 3.8) is 0 Å². The molecule has 4 nitrogen and oxygen atoms in total. The third kappa shape index (κ3) is 4.09. The van der Waals surface area contributed by atoms with Crippen molar-refractivity contribution in [2.24, 2.45) is 0 Å². The van der Waals surface area contributed by atoms with Crippen molar-refractivity contribution in [3.8, 4) is 0 Å². The number of H-pyrrole nitrogens is 1. The van der Waals surface area contributed by atoms with Gasteiger partial charge in [-0.2, -0.15) is 5.10 Å². The highest BCUT2D eigenvalue weighted by Crippen LogP contribution is 2.21. The van der Waals surface area contributed by atoms with Gasteiger partial charge in [0.25, 0.3) is 5.91 Å². The molecule has 128 valence electrons. The van der Waals surface area contributed by atoms with E-state index < -0.39 is 17.5 Å². The van der Waals surface area contributed by atoms with Gasteiger partial charge in [-0.3, -0.25) is 9.89 Å². The Morgan fingerprint density at radius 1 is 1.08 bits per heavy atom. The van der Waals surface area contributed by atoms with E-state index >= 15 is 0 Å². The number of halogens is 2. The maximum Gasteiger partial charge on any atom is 0.255 e. The molecule has 0 aliphatic rings. The summed E-state index contributed by atoms with van der Waals surface area (Å²) in [5.41, 5.74) is 3.02. The van der Waals surface area contributed by atoms with Crippen LogP contribution in [-0.2, 0) is 12.8 Å². The molecule has 0 aliphatic heterocycles. The van der Waals surface area contributed by atoms with Crippen LogP contribution in [0.15, 0.2) is 48.5 Å². The molecule has 0 aliphatic carbocycles. The average molecular weight is 341 g/mol. The molecule has 0 atom stereocenters. The fourth-order valence-corrected chi connectivity index (χ4v) is 2.60. The highest BCUT2D eigenvalue weighted by atomic mass is 19.1. The third-order valence-corrected chi connectivity index (χ3v) is 3.88. The summed E-state index contributed by atoms with van der Waals surface area (Å²) < 4.78 is 26.6. The number of benzene rings is 2. The van der Waals surface area contributed by atoms with Gasteiger partial charge in [0.2, 0.25) is 0 Å². The largest absolute Gasteiger partial charge is 0.319 e. The monoisotopic (exact) mass is 341 g/mol. The van der Waals surface area contributed by atoms with Gasteiger partial charge in [-0.15, -0.1) is 0 Å². The number of rotatable bonds is 5. The van der Waals surface area contributed by atoms with E-state index in [-0.39, 0.29) is 5.56 Å². The summed E-state index contributed by atoms with van der Waals surface area (Å²) in [7, 11) is 0. The Morgan fingerprint density at radius 3 is 2.44 bits per heavy atom. The van der Waals surface area contributed by atoms with Crippen LogP contribution < -0.4 is 5.32 Å². The fourth-order valence-electron chi connectivity index (χ4n) is 2.60. The van der Waals surface area contributed by atoms with E-state index in [0.717, 1.165) is 30.2 Å². The normalized spacial score (nSPS) is 10.7. The zero-order valence-corrected chi connectivity index (χ0v) is 13.6. The molecule has 0 fully saturated rings. The SMILES string of the molecule is Cc1[nH]nc(CCc2ccccc2)c1NC(=O)c1cc(F)cc(F)c1. The van der Waals surface area contributed by atoms with Crippen LogP contribution in [0, 0.1) is 18.6 Å². The van der Waals surface area contributed by atoms with Gasteiger partial charge in [0.1, 0.15) is 11.6 Å². The smallest absolute Gasteiger partial charge is 0.255 e. The van der Waals surface area contributed by atoms with Gasteiger partial charge in [0.15, 0.2) is 0 Å². The first-order valence-corrected chi connectivity index (χ1v) is 7.88. The Balaban J connectivity index is 1.76. The summed E-state index contributed by atoms with van der Waals surface area (Å²) in [6.07, 6.45) is 1.39. The molecule has 0 radical (unpaired) electrons.